The van der Waals surface area contributed by atoms with Crippen LogP contribution in [0.2, 0.25) is 5.02 Å². The average molecular weight is 617 g/mol. The van der Waals surface area contributed by atoms with Gasteiger partial charge in [0.1, 0.15) is 5.82 Å². The summed E-state index contributed by atoms with van der Waals surface area (Å²) in [6.45, 7) is 8.10. The molecule has 2 aliphatic rings. The lowest BCUT2D eigenvalue weighted by Gasteiger charge is -2.36. The standard InChI is InChI=1S/C32H34ClFN8O2/c1-3-29(43)38-26-7-4-20(16-28(26)41-14-12-40(2)13-15-41)31(44)42-10-8-22(9-11-42)37-32-36-19-25(33)30(39-32)24-18-35-27-17-21(34)5-6-23(24)27/h3-7,16-19,22,35H,1,8-15H2,2H3,(H,38,43)(H,36,37,39). The third-order valence-corrected chi connectivity index (χ3v) is 8.57. The minimum atomic E-state index is -0.323. The van der Waals surface area contributed by atoms with E-state index in [4.69, 9.17) is 11.6 Å². The Morgan fingerprint density at radius 1 is 1.09 bits per heavy atom. The second-order valence-corrected chi connectivity index (χ2v) is 11.6. The van der Waals surface area contributed by atoms with Crippen molar-refractivity contribution in [3.8, 4) is 11.3 Å². The number of likely N-dealkylation sites (tertiary alicyclic amines) is 1. The smallest absolute Gasteiger partial charge is 0.253 e. The number of hydrogen-bond donors (Lipinski definition) is 3. The van der Waals surface area contributed by atoms with Gasteiger partial charge in [0.25, 0.3) is 5.91 Å². The molecular formula is C32H34ClFN8O2. The second-order valence-electron chi connectivity index (χ2n) is 11.2. The fraction of sp³-hybridized carbons (Fsp3) is 0.312. The highest BCUT2D eigenvalue weighted by Crippen LogP contribution is 2.33. The highest BCUT2D eigenvalue weighted by atomic mass is 35.5. The molecule has 0 aliphatic carbocycles. The molecule has 4 heterocycles. The zero-order valence-electron chi connectivity index (χ0n) is 24.4. The van der Waals surface area contributed by atoms with Gasteiger partial charge in [0, 0.05) is 73.5 Å². The predicted octanol–water partition coefficient (Wildman–Crippen LogP) is 5.01. The first-order valence-corrected chi connectivity index (χ1v) is 15.0. The van der Waals surface area contributed by atoms with Crippen LogP contribution in [0.25, 0.3) is 22.2 Å². The number of anilines is 3. The number of H-pyrrole nitrogens is 1. The van der Waals surface area contributed by atoms with E-state index < -0.39 is 0 Å². The topological polar surface area (TPSA) is 109 Å². The lowest BCUT2D eigenvalue weighted by molar-refractivity contribution is -0.111. The van der Waals surface area contributed by atoms with E-state index in [1.165, 1.54) is 18.2 Å². The number of carbonyl (C=O) groups excluding carboxylic acids is 2. The predicted molar refractivity (Wildman–Crippen MR) is 172 cm³/mol. The van der Waals surface area contributed by atoms with Crippen LogP contribution in [-0.4, -0.2) is 88.9 Å². The number of benzene rings is 2. The summed E-state index contributed by atoms with van der Waals surface area (Å²) < 4.78 is 13.7. The van der Waals surface area contributed by atoms with E-state index >= 15 is 0 Å². The summed E-state index contributed by atoms with van der Waals surface area (Å²) in [5.74, 6) is -0.208. The maximum atomic E-state index is 13.7. The summed E-state index contributed by atoms with van der Waals surface area (Å²) in [4.78, 5) is 44.2. The molecule has 44 heavy (non-hydrogen) atoms. The molecule has 6 rings (SSSR count). The van der Waals surface area contributed by atoms with Gasteiger partial charge in [0.05, 0.1) is 28.3 Å². The van der Waals surface area contributed by atoms with Crippen molar-refractivity contribution in [3.63, 3.8) is 0 Å². The molecule has 0 atom stereocenters. The van der Waals surface area contributed by atoms with Crippen molar-refractivity contribution < 1.29 is 14.0 Å². The van der Waals surface area contributed by atoms with E-state index in [0.717, 1.165) is 55.7 Å². The summed E-state index contributed by atoms with van der Waals surface area (Å²) in [5, 5.41) is 7.51. The lowest BCUT2D eigenvalue weighted by Crippen LogP contribution is -2.45. The van der Waals surface area contributed by atoms with Crippen LogP contribution in [0.4, 0.5) is 21.7 Å². The van der Waals surface area contributed by atoms with Crippen LogP contribution in [0, 0.1) is 5.82 Å². The Kier molecular flexibility index (Phi) is 8.49. The number of aromatic nitrogens is 3. The molecule has 0 saturated carbocycles. The number of piperazine rings is 1. The summed E-state index contributed by atoms with van der Waals surface area (Å²) in [6.07, 6.45) is 6.01. The maximum Gasteiger partial charge on any atom is 0.253 e. The largest absolute Gasteiger partial charge is 0.367 e. The first kappa shape index (κ1) is 29.6. The highest BCUT2D eigenvalue weighted by molar-refractivity contribution is 6.33. The van der Waals surface area contributed by atoms with Crippen LogP contribution < -0.4 is 15.5 Å². The number of aromatic amines is 1. The van der Waals surface area contributed by atoms with Crippen molar-refractivity contribution in [2.24, 2.45) is 0 Å². The van der Waals surface area contributed by atoms with Crippen molar-refractivity contribution in [2.45, 2.75) is 18.9 Å². The molecule has 2 aromatic carbocycles. The monoisotopic (exact) mass is 616 g/mol. The van der Waals surface area contributed by atoms with Gasteiger partial charge in [0.2, 0.25) is 11.9 Å². The SMILES string of the molecule is C=CC(=O)Nc1ccc(C(=O)N2CCC(Nc3ncc(Cl)c(-c4c[nH]c5cc(F)ccc45)n3)CC2)cc1N1CCN(C)CC1. The number of nitrogens with one attached hydrogen (secondary N) is 3. The number of hydrogen-bond acceptors (Lipinski definition) is 7. The Labute approximate surface area is 259 Å². The fourth-order valence-corrected chi connectivity index (χ4v) is 5.97. The van der Waals surface area contributed by atoms with Gasteiger partial charge in [-0.3, -0.25) is 9.59 Å². The molecule has 10 nitrogen and oxygen atoms in total. The molecule has 228 valence electrons. The minimum absolute atomic E-state index is 0.0405. The van der Waals surface area contributed by atoms with Gasteiger partial charge in [-0.2, -0.15) is 0 Å². The van der Waals surface area contributed by atoms with Gasteiger partial charge in [0.15, 0.2) is 0 Å². The number of carbonyl (C=O) groups is 2. The van der Waals surface area contributed by atoms with E-state index in [1.807, 2.05) is 11.0 Å². The fourth-order valence-electron chi connectivity index (χ4n) is 5.78. The second kappa shape index (κ2) is 12.6. The third-order valence-electron chi connectivity index (χ3n) is 8.29. The van der Waals surface area contributed by atoms with Crippen molar-refractivity contribution in [1.29, 1.82) is 0 Å². The van der Waals surface area contributed by atoms with Crippen molar-refractivity contribution >= 4 is 51.6 Å². The van der Waals surface area contributed by atoms with Crippen molar-refractivity contribution in [3.05, 3.63) is 77.9 Å². The van der Waals surface area contributed by atoms with Gasteiger partial charge in [-0.1, -0.05) is 18.2 Å². The summed E-state index contributed by atoms with van der Waals surface area (Å²) in [6, 6.07) is 10.1. The van der Waals surface area contributed by atoms with E-state index in [9.17, 15) is 14.0 Å². The molecule has 12 heteroatoms. The number of piperidine rings is 1. The van der Waals surface area contributed by atoms with Crippen molar-refractivity contribution in [2.75, 3.05) is 61.8 Å². The molecule has 2 amide bonds. The summed E-state index contributed by atoms with van der Waals surface area (Å²) >= 11 is 6.47. The number of rotatable bonds is 7. The molecule has 0 unspecified atom stereocenters. The molecule has 2 saturated heterocycles. The van der Waals surface area contributed by atoms with E-state index in [2.05, 4.69) is 49.0 Å². The Morgan fingerprint density at radius 2 is 1.86 bits per heavy atom. The lowest BCUT2D eigenvalue weighted by atomic mass is 10.0. The number of nitrogens with zero attached hydrogens (tertiary/aromatic N) is 5. The molecule has 3 N–H and O–H groups in total. The Bertz CT molecular complexity index is 1710. The third kappa shape index (κ3) is 6.24. The van der Waals surface area contributed by atoms with Gasteiger partial charge >= 0.3 is 0 Å². The van der Waals surface area contributed by atoms with Crippen molar-refractivity contribution in [1.82, 2.24) is 24.8 Å². The van der Waals surface area contributed by atoms with E-state index in [1.54, 1.807) is 30.6 Å². The van der Waals surface area contributed by atoms with Crippen LogP contribution in [0.1, 0.15) is 23.2 Å². The average Bonchev–Trinajstić information content (AvgIpc) is 3.45. The zero-order valence-corrected chi connectivity index (χ0v) is 25.2. The highest BCUT2D eigenvalue weighted by Gasteiger charge is 2.26. The molecule has 2 aliphatic heterocycles. The first-order chi connectivity index (χ1) is 21.3. The number of halogens is 2. The number of amides is 2. The molecule has 0 spiro atoms. The van der Waals surface area contributed by atoms with E-state index in [-0.39, 0.29) is 23.7 Å². The van der Waals surface area contributed by atoms with Gasteiger partial charge in [-0.15, -0.1) is 0 Å². The Morgan fingerprint density at radius 3 is 2.61 bits per heavy atom. The Hall–Kier alpha value is -4.48. The van der Waals surface area contributed by atoms with E-state index in [0.29, 0.717) is 46.5 Å². The molecule has 2 fully saturated rings. The molecule has 0 bridgehead atoms. The van der Waals surface area contributed by atoms with Crippen LogP contribution in [0.3, 0.4) is 0 Å². The van der Waals surface area contributed by atoms with Gasteiger partial charge in [-0.25, -0.2) is 14.4 Å². The maximum absolute atomic E-state index is 13.7. The minimum Gasteiger partial charge on any atom is -0.367 e. The quantitative estimate of drug-likeness (QED) is 0.251. The van der Waals surface area contributed by atoms with Crippen LogP contribution >= 0.6 is 11.6 Å². The molecular weight excluding hydrogens is 583 g/mol. The molecule has 4 aromatic rings. The van der Waals surface area contributed by atoms with Crippen LogP contribution in [0.15, 0.2) is 61.4 Å². The van der Waals surface area contributed by atoms with Gasteiger partial charge in [-0.05, 0) is 62.4 Å². The molecule has 0 radical (unpaired) electrons. The Balaban J connectivity index is 1.13. The van der Waals surface area contributed by atoms with Crippen LogP contribution in [0.5, 0.6) is 0 Å². The molecule has 2 aromatic heterocycles. The summed E-state index contributed by atoms with van der Waals surface area (Å²) in [5.41, 5.74) is 4.08. The first-order valence-electron chi connectivity index (χ1n) is 14.7. The van der Waals surface area contributed by atoms with Crippen LogP contribution in [-0.2, 0) is 4.79 Å². The number of fused-ring (bicyclic) bond motifs is 1. The number of likely N-dealkylation sites (N-methyl/N-ethyl adjacent to an activating group) is 1. The zero-order chi connectivity index (χ0) is 30.8. The normalized spacial score (nSPS) is 16.2. The summed E-state index contributed by atoms with van der Waals surface area (Å²) in [7, 11) is 2.08. The van der Waals surface area contributed by atoms with Gasteiger partial charge < -0.3 is 30.3 Å².